The van der Waals surface area contributed by atoms with E-state index >= 15 is 0 Å². The third-order valence-electron chi connectivity index (χ3n) is 4.01. The van der Waals surface area contributed by atoms with Crippen molar-refractivity contribution in [2.24, 2.45) is 5.92 Å². The Balaban J connectivity index is 1.86. The van der Waals surface area contributed by atoms with Gasteiger partial charge in [-0.3, -0.25) is 4.79 Å². The van der Waals surface area contributed by atoms with Crippen molar-refractivity contribution in [3.05, 3.63) is 64.1 Å². The molecular formula is C21H24BrNO4. The van der Waals surface area contributed by atoms with Gasteiger partial charge in [0.25, 0.3) is 5.91 Å². The summed E-state index contributed by atoms with van der Waals surface area (Å²) in [6.45, 7) is 5.93. The van der Waals surface area contributed by atoms with Crippen LogP contribution in [0, 0.1) is 12.8 Å². The van der Waals surface area contributed by atoms with Gasteiger partial charge in [-0.2, -0.15) is 0 Å². The Bertz CT molecular complexity index is 774. The number of ether oxygens (including phenoxy) is 2. The highest BCUT2D eigenvalue weighted by Gasteiger charge is 2.26. The molecule has 0 saturated heterocycles. The molecule has 0 aliphatic heterocycles. The van der Waals surface area contributed by atoms with E-state index in [9.17, 15) is 9.59 Å². The molecule has 0 heterocycles. The number of benzene rings is 2. The zero-order chi connectivity index (χ0) is 19.8. The molecule has 2 aromatic rings. The Hall–Kier alpha value is -2.34. The number of halogens is 1. The van der Waals surface area contributed by atoms with Crippen LogP contribution in [-0.2, 0) is 9.53 Å². The van der Waals surface area contributed by atoms with Crippen LogP contribution in [0.25, 0.3) is 0 Å². The predicted molar refractivity (Wildman–Crippen MR) is 108 cm³/mol. The van der Waals surface area contributed by atoms with E-state index in [0.29, 0.717) is 11.3 Å². The maximum atomic E-state index is 12.5. The standard InChI is InChI=1S/C21H24BrNO4/c1-14(2)19(23-20(24)18-7-5-4-6-15(18)3)21(25)27-13-12-26-17-10-8-16(22)9-11-17/h4-11,14,19H,12-13H2,1-3H3,(H,23,24)/t19-/m0/s1. The van der Waals surface area contributed by atoms with Gasteiger partial charge >= 0.3 is 5.97 Å². The Kier molecular flexibility index (Phi) is 7.85. The molecular weight excluding hydrogens is 410 g/mol. The average Bonchev–Trinajstić information content (AvgIpc) is 2.64. The van der Waals surface area contributed by atoms with Crippen LogP contribution in [-0.4, -0.2) is 31.1 Å². The van der Waals surface area contributed by atoms with E-state index in [1.807, 2.05) is 57.2 Å². The van der Waals surface area contributed by atoms with Crippen molar-refractivity contribution in [2.45, 2.75) is 26.8 Å². The van der Waals surface area contributed by atoms with Crippen molar-refractivity contribution >= 4 is 27.8 Å². The van der Waals surface area contributed by atoms with E-state index < -0.39 is 12.0 Å². The van der Waals surface area contributed by atoms with Crippen LogP contribution in [0.2, 0.25) is 0 Å². The quantitative estimate of drug-likeness (QED) is 0.501. The van der Waals surface area contributed by atoms with Crippen molar-refractivity contribution in [1.82, 2.24) is 5.32 Å². The number of hydrogen-bond donors (Lipinski definition) is 1. The summed E-state index contributed by atoms with van der Waals surface area (Å²) in [5.74, 6) is -0.151. The molecule has 2 aromatic carbocycles. The van der Waals surface area contributed by atoms with Crippen LogP contribution < -0.4 is 10.1 Å². The first-order valence-electron chi connectivity index (χ1n) is 8.80. The van der Waals surface area contributed by atoms with Gasteiger partial charge in [-0.05, 0) is 48.7 Å². The van der Waals surface area contributed by atoms with Crippen LogP contribution in [0.5, 0.6) is 5.75 Å². The zero-order valence-corrected chi connectivity index (χ0v) is 17.3. The molecule has 144 valence electrons. The minimum absolute atomic E-state index is 0.0992. The maximum Gasteiger partial charge on any atom is 0.329 e. The van der Waals surface area contributed by atoms with Gasteiger partial charge in [0.1, 0.15) is 25.0 Å². The van der Waals surface area contributed by atoms with Gasteiger partial charge in [0, 0.05) is 10.0 Å². The van der Waals surface area contributed by atoms with E-state index in [-0.39, 0.29) is 25.0 Å². The Labute approximate surface area is 168 Å². The Morgan fingerprint density at radius 3 is 2.33 bits per heavy atom. The molecule has 6 heteroatoms. The molecule has 1 N–H and O–H groups in total. The lowest BCUT2D eigenvalue weighted by Crippen LogP contribution is -2.45. The minimum atomic E-state index is -0.718. The second-order valence-corrected chi connectivity index (χ2v) is 7.40. The summed E-state index contributed by atoms with van der Waals surface area (Å²) in [5, 5.41) is 2.78. The van der Waals surface area contributed by atoms with Crippen molar-refractivity contribution in [3.63, 3.8) is 0 Å². The lowest BCUT2D eigenvalue weighted by atomic mass is 10.0. The summed E-state index contributed by atoms with van der Waals surface area (Å²) in [7, 11) is 0. The molecule has 0 saturated carbocycles. The van der Waals surface area contributed by atoms with Gasteiger partial charge < -0.3 is 14.8 Å². The number of hydrogen-bond acceptors (Lipinski definition) is 4. The number of nitrogens with one attached hydrogen (secondary N) is 1. The highest BCUT2D eigenvalue weighted by Crippen LogP contribution is 2.16. The fourth-order valence-corrected chi connectivity index (χ4v) is 2.73. The van der Waals surface area contributed by atoms with Crippen LogP contribution in [0.3, 0.4) is 0 Å². The van der Waals surface area contributed by atoms with Crippen molar-refractivity contribution in [1.29, 1.82) is 0 Å². The van der Waals surface area contributed by atoms with E-state index in [4.69, 9.17) is 9.47 Å². The highest BCUT2D eigenvalue weighted by atomic mass is 79.9. The summed E-state index contributed by atoms with van der Waals surface area (Å²) >= 11 is 3.36. The third-order valence-corrected chi connectivity index (χ3v) is 4.54. The fraction of sp³-hybridized carbons (Fsp3) is 0.333. The molecule has 2 rings (SSSR count). The molecule has 0 aliphatic carbocycles. The summed E-state index contributed by atoms with van der Waals surface area (Å²) < 4.78 is 11.8. The molecule has 1 amide bonds. The maximum absolute atomic E-state index is 12.5. The average molecular weight is 434 g/mol. The number of carbonyl (C=O) groups is 2. The van der Waals surface area contributed by atoms with Gasteiger partial charge in [0.2, 0.25) is 0 Å². The second-order valence-electron chi connectivity index (χ2n) is 6.48. The van der Waals surface area contributed by atoms with E-state index in [0.717, 1.165) is 10.0 Å². The molecule has 0 aromatic heterocycles. The smallest absolute Gasteiger partial charge is 0.329 e. The van der Waals surface area contributed by atoms with E-state index in [2.05, 4.69) is 21.2 Å². The summed E-state index contributed by atoms with van der Waals surface area (Å²) in [6, 6.07) is 13.9. The fourth-order valence-electron chi connectivity index (χ4n) is 2.47. The minimum Gasteiger partial charge on any atom is -0.490 e. The first-order valence-corrected chi connectivity index (χ1v) is 9.59. The highest BCUT2D eigenvalue weighted by molar-refractivity contribution is 9.10. The van der Waals surface area contributed by atoms with Crippen molar-refractivity contribution < 1.29 is 19.1 Å². The van der Waals surface area contributed by atoms with Gasteiger partial charge in [0.15, 0.2) is 0 Å². The predicted octanol–water partition coefficient (Wildman–Crippen LogP) is 4.13. The number of esters is 1. The normalized spacial score (nSPS) is 11.7. The topological polar surface area (TPSA) is 64.6 Å². The molecule has 1 atom stereocenters. The van der Waals surface area contributed by atoms with Gasteiger partial charge in [0.05, 0.1) is 0 Å². The SMILES string of the molecule is Cc1ccccc1C(=O)N[C@H](C(=O)OCCOc1ccc(Br)cc1)C(C)C. The van der Waals surface area contributed by atoms with E-state index in [1.54, 1.807) is 12.1 Å². The summed E-state index contributed by atoms with van der Waals surface area (Å²) in [4.78, 5) is 24.9. The molecule has 5 nitrogen and oxygen atoms in total. The van der Waals surface area contributed by atoms with Gasteiger partial charge in [-0.15, -0.1) is 0 Å². The first-order chi connectivity index (χ1) is 12.9. The Morgan fingerprint density at radius 1 is 1.04 bits per heavy atom. The van der Waals surface area contributed by atoms with E-state index in [1.165, 1.54) is 0 Å². The number of carbonyl (C=O) groups excluding carboxylic acids is 2. The van der Waals surface area contributed by atoms with Crippen LogP contribution in [0.4, 0.5) is 0 Å². The second kappa shape index (κ2) is 10.1. The third kappa shape index (κ3) is 6.40. The van der Waals surface area contributed by atoms with Crippen LogP contribution >= 0.6 is 15.9 Å². The van der Waals surface area contributed by atoms with Crippen LogP contribution in [0.1, 0.15) is 29.8 Å². The van der Waals surface area contributed by atoms with Gasteiger partial charge in [-0.25, -0.2) is 4.79 Å². The number of rotatable bonds is 8. The first kappa shape index (κ1) is 21.0. The molecule has 0 aliphatic rings. The summed E-state index contributed by atoms with van der Waals surface area (Å²) in [6.07, 6.45) is 0. The monoisotopic (exact) mass is 433 g/mol. The largest absolute Gasteiger partial charge is 0.490 e. The zero-order valence-electron chi connectivity index (χ0n) is 15.7. The molecule has 27 heavy (non-hydrogen) atoms. The Morgan fingerprint density at radius 2 is 1.70 bits per heavy atom. The molecule has 0 bridgehead atoms. The molecule has 0 spiro atoms. The molecule has 0 unspecified atom stereocenters. The molecule has 0 radical (unpaired) electrons. The van der Waals surface area contributed by atoms with Crippen molar-refractivity contribution in [3.8, 4) is 5.75 Å². The number of aryl methyl sites for hydroxylation is 1. The summed E-state index contributed by atoms with van der Waals surface area (Å²) in [5.41, 5.74) is 1.41. The lowest BCUT2D eigenvalue weighted by Gasteiger charge is -2.21. The lowest BCUT2D eigenvalue weighted by molar-refractivity contribution is -0.147. The van der Waals surface area contributed by atoms with Crippen LogP contribution in [0.15, 0.2) is 53.0 Å². The van der Waals surface area contributed by atoms with Gasteiger partial charge in [-0.1, -0.05) is 48.0 Å². The molecule has 0 fully saturated rings. The number of amides is 1. The van der Waals surface area contributed by atoms with Crippen molar-refractivity contribution in [2.75, 3.05) is 13.2 Å².